The highest BCUT2D eigenvalue weighted by Gasteiger charge is 2.24. The van der Waals surface area contributed by atoms with E-state index in [9.17, 15) is 53.1 Å². The number of nitrogens with two attached hydrogens (primary N) is 1. The van der Waals surface area contributed by atoms with E-state index in [1.165, 1.54) is 38.1 Å². The molecule has 53 heavy (non-hydrogen) atoms. The fraction of sp³-hybridized carbons (Fsp3) is 0.467. The van der Waals surface area contributed by atoms with Gasteiger partial charge < -0.3 is 68.9 Å². The van der Waals surface area contributed by atoms with Crippen molar-refractivity contribution in [2.75, 3.05) is 45.9 Å². The van der Waals surface area contributed by atoms with Gasteiger partial charge in [0.05, 0.1) is 39.3 Å². The summed E-state index contributed by atoms with van der Waals surface area (Å²) in [7, 11) is 0. The highest BCUT2D eigenvalue weighted by atomic mass is 16.4. The van der Waals surface area contributed by atoms with Crippen LogP contribution in [0.1, 0.15) is 19.4 Å². The molecule has 1 aromatic rings. The summed E-state index contributed by atoms with van der Waals surface area (Å²) in [4.78, 5) is 120. The third-order valence-electron chi connectivity index (χ3n) is 6.68. The second-order valence-electron chi connectivity index (χ2n) is 11.2. The van der Waals surface area contributed by atoms with Crippen molar-refractivity contribution in [1.29, 1.82) is 0 Å². The van der Waals surface area contributed by atoms with Crippen LogP contribution in [0.4, 0.5) is 0 Å². The topological polar surface area (TPSA) is 366 Å². The van der Waals surface area contributed by atoms with E-state index in [1.54, 1.807) is 0 Å². The van der Waals surface area contributed by atoms with Crippen LogP contribution in [-0.2, 0) is 54.4 Å². The van der Waals surface area contributed by atoms with Crippen molar-refractivity contribution in [3.8, 4) is 5.75 Å². The van der Waals surface area contributed by atoms with Crippen LogP contribution in [0.2, 0.25) is 0 Å². The van der Waals surface area contributed by atoms with Crippen molar-refractivity contribution >= 4 is 59.1 Å². The summed E-state index contributed by atoms with van der Waals surface area (Å²) in [6, 6.07) is 0.848. The van der Waals surface area contributed by atoms with Crippen molar-refractivity contribution in [2.24, 2.45) is 5.73 Å². The first kappa shape index (κ1) is 44.7. The van der Waals surface area contributed by atoms with Crippen LogP contribution in [0.15, 0.2) is 24.3 Å². The summed E-state index contributed by atoms with van der Waals surface area (Å²) >= 11 is 0. The predicted octanol–water partition coefficient (Wildman–Crippen LogP) is -7.47. The lowest BCUT2D eigenvalue weighted by Crippen LogP contribution is -2.54. The number of hydrogen-bond donors (Lipinski definition) is 13. The van der Waals surface area contributed by atoms with Gasteiger partial charge in [-0.1, -0.05) is 12.1 Å². The summed E-state index contributed by atoms with van der Waals surface area (Å²) in [5, 5.41) is 47.2. The van der Waals surface area contributed by atoms with Gasteiger partial charge in [-0.05, 0) is 31.5 Å². The Morgan fingerprint density at radius 1 is 0.566 bits per heavy atom. The SMILES string of the molecule is C[C@H](NC(=O)CNC(=O)CNC(=O)[C@@H](N)CO)C(=O)N[C@@H](C)C(=O)NCC(=O)NCC(=O)N[C@@H](Cc1ccc(O)cc1)C(=O)NCC(=O)NCC(=O)O. The Balaban J connectivity index is 2.52. The Bertz CT molecular complexity index is 1510. The van der Waals surface area contributed by atoms with Gasteiger partial charge in [0.1, 0.15) is 36.5 Å². The average Bonchev–Trinajstić information content (AvgIpc) is 3.12. The maximum absolute atomic E-state index is 12.8. The lowest BCUT2D eigenvalue weighted by Gasteiger charge is -2.19. The number of carboxylic acids is 1. The lowest BCUT2D eigenvalue weighted by molar-refractivity contribution is -0.138. The Kier molecular flexibility index (Phi) is 19.5. The molecule has 0 saturated heterocycles. The molecule has 0 heterocycles. The summed E-state index contributed by atoms with van der Waals surface area (Å²) in [5.74, 6) is -8.49. The monoisotopic (exact) mass is 752 g/mol. The van der Waals surface area contributed by atoms with Crippen LogP contribution in [0, 0.1) is 0 Å². The molecular weight excluding hydrogens is 708 g/mol. The Morgan fingerprint density at radius 2 is 1.00 bits per heavy atom. The number of aliphatic hydroxyl groups excluding tert-OH is 1. The van der Waals surface area contributed by atoms with Crippen LogP contribution >= 0.6 is 0 Å². The molecular formula is C30H44N10O13. The quantitative estimate of drug-likeness (QED) is 0.0524. The molecule has 0 aliphatic carbocycles. The van der Waals surface area contributed by atoms with Crippen LogP contribution in [-0.4, -0.2) is 144 Å². The minimum Gasteiger partial charge on any atom is -0.508 e. The normalized spacial score (nSPS) is 12.6. The molecule has 0 aromatic heterocycles. The maximum atomic E-state index is 12.8. The molecule has 0 spiro atoms. The largest absolute Gasteiger partial charge is 0.508 e. The van der Waals surface area contributed by atoms with E-state index in [-0.39, 0.29) is 12.2 Å². The smallest absolute Gasteiger partial charge is 0.322 e. The standard InChI is InChI=1S/C30H44N10O13/c1-15(39-28(51)16(2)38-24(46)11-32-22(44)9-36-29(52)19(31)14-41)27(50)35-8-21(43)33-12-25(47)40-20(7-17-3-5-18(42)6-4-17)30(53)37-10-23(45)34-13-26(48)49/h3-6,15-16,19-20,41-42H,7-14,31H2,1-2H3,(H,32,44)(H,33,43)(H,34,45)(H,35,50)(H,36,52)(H,37,53)(H,38,46)(H,39,51)(H,40,47)(H,48,49)/t15-,16-,19-,20-/m0/s1. The molecule has 4 atom stereocenters. The summed E-state index contributed by atoms with van der Waals surface area (Å²) < 4.78 is 0. The fourth-order valence-corrected chi connectivity index (χ4v) is 3.80. The van der Waals surface area contributed by atoms with Gasteiger partial charge in [-0.2, -0.15) is 0 Å². The summed E-state index contributed by atoms with van der Waals surface area (Å²) in [6.45, 7) is -1.63. The molecule has 23 heteroatoms. The fourth-order valence-electron chi connectivity index (χ4n) is 3.80. The molecule has 0 aliphatic heterocycles. The van der Waals surface area contributed by atoms with Gasteiger partial charge in [-0.3, -0.25) is 47.9 Å². The highest BCUT2D eigenvalue weighted by molar-refractivity contribution is 5.95. The summed E-state index contributed by atoms with van der Waals surface area (Å²) in [5.41, 5.74) is 5.81. The van der Waals surface area contributed by atoms with Crippen LogP contribution in [0.3, 0.4) is 0 Å². The molecule has 0 bridgehead atoms. The number of aliphatic hydroxyl groups is 1. The second kappa shape index (κ2) is 23.2. The van der Waals surface area contributed by atoms with Gasteiger partial charge in [0, 0.05) is 6.42 Å². The van der Waals surface area contributed by atoms with Crippen molar-refractivity contribution in [3.63, 3.8) is 0 Å². The molecule has 0 saturated carbocycles. The third-order valence-corrected chi connectivity index (χ3v) is 6.68. The molecule has 1 rings (SSSR count). The van der Waals surface area contributed by atoms with E-state index in [2.05, 4.69) is 47.9 Å². The van der Waals surface area contributed by atoms with Gasteiger partial charge in [-0.25, -0.2) is 0 Å². The zero-order chi connectivity index (χ0) is 40.1. The molecule has 14 N–H and O–H groups in total. The minimum absolute atomic E-state index is 0.0488. The molecule has 292 valence electrons. The van der Waals surface area contributed by atoms with E-state index in [1.807, 2.05) is 0 Å². The second-order valence-corrected chi connectivity index (χ2v) is 11.2. The van der Waals surface area contributed by atoms with E-state index in [0.717, 1.165) is 0 Å². The van der Waals surface area contributed by atoms with E-state index in [4.69, 9.17) is 15.9 Å². The first-order valence-corrected chi connectivity index (χ1v) is 15.8. The average molecular weight is 753 g/mol. The van der Waals surface area contributed by atoms with Crippen LogP contribution in [0.25, 0.3) is 0 Å². The Labute approximate surface area is 301 Å². The maximum Gasteiger partial charge on any atom is 0.322 e. The number of phenolic OH excluding ortho intramolecular Hbond substituents is 1. The number of phenols is 1. The van der Waals surface area contributed by atoms with Crippen molar-refractivity contribution in [1.82, 2.24) is 47.9 Å². The van der Waals surface area contributed by atoms with Gasteiger partial charge in [0.15, 0.2) is 0 Å². The van der Waals surface area contributed by atoms with E-state index >= 15 is 0 Å². The molecule has 23 nitrogen and oxygen atoms in total. The van der Waals surface area contributed by atoms with Crippen molar-refractivity contribution < 1.29 is 63.3 Å². The van der Waals surface area contributed by atoms with Crippen LogP contribution < -0.4 is 53.6 Å². The third kappa shape index (κ3) is 19.0. The number of hydrogen-bond acceptors (Lipinski definition) is 13. The zero-order valence-corrected chi connectivity index (χ0v) is 28.8. The zero-order valence-electron chi connectivity index (χ0n) is 28.8. The van der Waals surface area contributed by atoms with Gasteiger partial charge in [0.2, 0.25) is 53.2 Å². The number of carbonyl (C=O) groups is 10. The van der Waals surface area contributed by atoms with Gasteiger partial charge in [0.25, 0.3) is 0 Å². The minimum atomic E-state index is -1.30. The number of aliphatic carboxylic acids is 1. The first-order chi connectivity index (χ1) is 24.9. The molecule has 9 amide bonds. The molecule has 0 radical (unpaired) electrons. The summed E-state index contributed by atoms with van der Waals surface area (Å²) in [6.07, 6.45) is -0.0926. The van der Waals surface area contributed by atoms with Gasteiger partial charge in [-0.15, -0.1) is 0 Å². The number of carboxylic acid groups (broad SMARTS) is 1. The number of rotatable bonds is 22. The van der Waals surface area contributed by atoms with E-state index in [0.29, 0.717) is 5.56 Å². The molecule has 0 unspecified atom stereocenters. The van der Waals surface area contributed by atoms with Crippen molar-refractivity contribution in [3.05, 3.63) is 29.8 Å². The molecule has 1 aromatic carbocycles. The number of nitrogens with one attached hydrogen (secondary N) is 9. The molecule has 0 fully saturated rings. The number of amides is 9. The Hall–Kier alpha value is -6.36. The lowest BCUT2D eigenvalue weighted by atomic mass is 10.0. The molecule has 0 aliphatic rings. The van der Waals surface area contributed by atoms with Crippen LogP contribution in [0.5, 0.6) is 5.75 Å². The Morgan fingerprint density at radius 3 is 1.51 bits per heavy atom. The van der Waals surface area contributed by atoms with E-state index < -0.39 is 129 Å². The van der Waals surface area contributed by atoms with Gasteiger partial charge >= 0.3 is 5.97 Å². The first-order valence-electron chi connectivity index (χ1n) is 15.8. The number of aromatic hydroxyl groups is 1. The number of benzene rings is 1. The highest BCUT2D eigenvalue weighted by Crippen LogP contribution is 2.11. The predicted molar refractivity (Wildman–Crippen MR) is 180 cm³/mol. The number of carbonyl (C=O) groups excluding carboxylic acids is 9. The van der Waals surface area contributed by atoms with Crippen molar-refractivity contribution in [2.45, 2.75) is 44.4 Å².